The van der Waals surface area contributed by atoms with Gasteiger partial charge in [0.05, 0.1) is 19.8 Å². The third-order valence-electron chi connectivity index (χ3n) is 6.11. The molecule has 1 aromatic carbocycles. The van der Waals surface area contributed by atoms with Gasteiger partial charge in [0.15, 0.2) is 0 Å². The van der Waals surface area contributed by atoms with E-state index in [2.05, 4.69) is 29.6 Å². The molecule has 31 heavy (non-hydrogen) atoms. The molecule has 9 nitrogen and oxygen atoms in total. The van der Waals surface area contributed by atoms with E-state index < -0.39 is 11.8 Å². The van der Waals surface area contributed by atoms with Crippen molar-refractivity contribution < 1.29 is 24.0 Å². The third-order valence-corrected chi connectivity index (χ3v) is 6.11. The molecule has 2 saturated heterocycles. The van der Waals surface area contributed by atoms with Crippen LogP contribution in [-0.2, 0) is 19.1 Å². The molecular weight excluding hydrogens is 398 g/mol. The van der Waals surface area contributed by atoms with E-state index in [4.69, 9.17) is 4.74 Å². The van der Waals surface area contributed by atoms with E-state index in [-0.39, 0.29) is 11.9 Å². The number of piperazine rings is 1. The molecule has 0 unspecified atom stereocenters. The van der Waals surface area contributed by atoms with Gasteiger partial charge < -0.3 is 29.7 Å². The highest BCUT2D eigenvalue weighted by Gasteiger charge is 2.30. The van der Waals surface area contributed by atoms with Crippen molar-refractivity contribution in [2.45, 2.75) is 13.0 Å². The molecule has 9 heteroatoms. The summed E-state index contributed by atoms with van der Waals surface area (Å²) in [5, 5.41) is 2.86. The molecule has 2 N–H and O–H groups in total. The SMILES string of the molecule is CC(=O)N1CCN(C(=O)C(=O)NC[C@H](c2ccc(N(C)C)cc2)[NH+]2CCOCC2)CC1. The Balaban J connectivity index is 1.62. The topological polar surface area (TPSA) is 86.6 Å². The largest absolute Gasteiger partial charge is 0.378 e. The van der Waals surface area contributed by atoms with Gasteiger partial charge in [-0.15, -0.1) is 0 Å². The lowest BCUT2D eigenvalue weighted by Gasteiger charge is -2.34. The van der Waals surface area contributed by atoms with Crippen molar-refractivity contribution in [3.63, 3.8) is 0 Å². The highest BCUT2D eigenvalue weighted by atomic mass is 16.5. The average molecular weight is 433 g/mol. The molecular formula is C22H34N5O4+. The van der Waals surface area contributed by atoms with Crippen LogP contribution in [-0.4, -0.2) is 101 Å². The van der Waals surface area contributed by atoms with Gasteiger partial charge in [-0.1, -0.05) is 12.1 Å². The van der Waals surface area contributed by atoms with Gasteiger partial charge in [-0.3, -0.25) is 14.4 Å². The highest BCUT2D eigenvalue weighted by molar-refractivity contribution is 6.35. The maximum Gasteiger partial charge on any atom is 0.312 e. The summed E-state index contributed by atoms with van der Waals surface area (Å²) in [5.74, 6) is -1.12. The molecule has 170 valence electrons. The minimum Gasteiger partial charge on any atom is -0.378 e. The Morgan fingerprint density at radius 1 is 1.03 bits per heavy atom. The van der Waals surface area contributed by atoms with Crippen LogP contribution >= 0.6 is 0 Å². The van der Waals surface area contributed by atoms with Crippen molar-refractivity contribution in [2.24, 2.45) is 0 Å². The maximum atomic E-state index is 12.6. The van der Waals surface area contributed by atoms with Crippen LogP contribution in [0.25, 0.3) is 0 Å². The Morgan fingerprint density at radius 2 is 1.61 bits per heavy atom. The zero-order valence-electron chi connectivity index (χ0n) is 18.7. The van der Waals surface area contributed by atoms with E-state index in [1.807, 2.05) is 19.0 Å². The molecule has 2 aliphatic rings. The van der Waals surface area contributed by atoms with Gasteiger partial charge >= 0.3 is 11.8 Å². The van der Waals surface area contributed by atoms with Crippen LogP contribution in [0.3, 0.4) is 0 Å². The number of nitrogens with zero attached hydrogens (tertiary/aromatic N) is 3. The standard InChI is InChI=1S/C22H33N5O4/c1-17(28)25-8-10-27(11-9-25)22(30)21(29)23-16-20(26-12-14-31-15-13-26)18-4-6-19(7-5-18)24(2)3/h4-7,20H,8-16H2,1-3H3,(H,23,29)/p+1/t20-/m1/s1. The van der Waals surface area contributed by atoms with E-state index in [1.54, 1.807) is 4.90 Å². The van der Waals surface area contributed by atoms with Gasteiger partial charge in [0.2, 0.25) is 5.91 Å². The van der Waals surface area contributed by atoms with E-state index >= 15 is 0 Å². The van der Waals surface area contributed by atoms with Crippen molar-refractivity contribution in [3.05, 3.63) is 29.8 Å². The number of hydrogen-bond acceptors (Lipinski definition) is 5. The molecule has 1 aromatic rings. The fraction of sp³-hybridized carbons (Fsp3) is 0.591. The Hall–Kier alpha value is -2.65. The molecule has 0 bridgehead atoms. The van der Waals surface area contributed by atoms with Crippen LogP contribution in [0, 0.1) is 0 Å². The number of rotatable bonds is 5. The monoisotopic (exact) mass is 432 g/mol. The number of quaternary nitrogens is 1. The predicted molar refractivity (Wildman–Crippen MR) is 117 cm³/mol. The molecule has 1 atom stereocenters. The number of nitrogens with one attached hydrogen (secondary N) is 2. The van der Waals surface area contributed by atoms with Gasteiger partial charge in [0.25, 0.3) is 0 Å². The summed E-state index contributed by atoms with van der Waals surface area (Å²) in [7, 11) is 4.00. The number of benzene rings is 1. The van der Waals surface area contributed by atoms with Crippen molar-refractivity contribution in [1.82, 2.24) is 15.1 Å². The molecule has 2 aliphatic heterocycles. The van der Waals surface area contributed by atoms with Crippen LogP contribution in [0.2, 0.25) is 0 Å². The lowest BCUT2D eigenvalue weighted by molar-refractivity contribution is -0.937. The summed E-state index contributed by atoms with van der Waals surface area (Å²) in [6, 6.07) is 8.38. The molecule has 0 saturated carbocycles. The van der Waals surface area contributed by atoms with E-state index in [9.17, 15) is 14.4 Å². The van der Waals surface area contributed by atoms with Crippen LogP contribution in [0.15, 0.2) is 24.3 Å². The molecule has 3 rings (SSSR count). The van der Waals surface area contributed by atoms with Crippen LogP contribution in [0.1, 0.15) is 18.5 Å². The van der Waals surface area contributed by atoms with Crippen molar-refractivity contribution in [1.29, 1.82) is 0 Å². The number of amides is 3. The quantitative estimate of drug-likeness (QED) is 0.554. The van der Waals surface area contributed by atoms with Gasteiger partial charge in [0.1, 0.15) is 19.1 Å². The number of ether oxygens (including phenoxy) is 1. The average Bonchev–Trinajstić information content (AvgIpc) is 2.79. The summed E-state index contributed by atoms with van der Waals surface area (Å²) in [6.07, 6.45) is 0. The van der Waals surface area contributed by atoms with Gasteiger partial charge in [-0.2, -0.15) is 0 Å². The highest BCUT2D eigenvalue weighted by Crippen LogP contribution is 2.16. The first-order valence-corrected chi connectivity index (χ1v) is 10.9. The van der Waals surface area contributed by atoms with Gasteiger partial charge in [-0.25, -0.2) is 0 Å². The van der Waals surface area contributed by atoms with E-state index in [0.717, 1.165) is 24.3 Å². The van der Waals surface area contributed by atoms with Gasteiger partial charge in [0, 0.05) is 58.4 Å². The smallest absolute Gasteiger partial charge is 0.312 e. The lowest BCUT2D eigenvalue weighted by Crippen LogP contribution is -3.15. The maximum absolute atomic E-state index is 12.6. The molecule has 2 fully saturated rings. The molecule has 0 spiro atoms. The first-order valence-electron chi connectivity index (χ1n) is 10.9. The molecule has 3 amide bonds. The molecule has 0 aromatic heterocycles. The van der Waals surface area contributed by atoms with Crippen molar-refractivity contribution in [3.8, 4) is 0 Å². The first kappa shape index (κ1) is 23.0. The summed E-state index contributed by atoms with van der Waals surface area (Å²) in [6.45, 7) is 6.70. The number of anilines is 1. The summed E-state index contributed by atoms with van der Waals surface area (Å²) < 4.78 is 5.50. The summed E-state index contributed by atoms with van der Waals surface area (Å²) in [4.78, 5) is 43.3. The van der Waals surface area contributed by atoms with E-state index in [1.165, 1.54) is 16.7 Å². The Bertz CT molecular complexity index is 769. The number of hydrogen-bond donors (Lipinski definition) is 2. The normalized spacial score (nSPS) is 18.4. The lowest BCUT2D eigenvalue weighted by atomic mass is 10.0. The second-order valence-corrected chi connectivity index (χ2v) is 8.32. The predicted octanol–water partition coefficient (Wildman–Crippen LogP) is -1.48. The fourth-order valence-corrected chi connectivity index (χ4v) is 4.12. The second-order valence-electron chi connectivity index (χ2n) is 8.32. The zero-order chi connectivity index (χ0) is 22.4. The zero-order valence-corrected chi connectivity index (χ0v) is 18.7. The molecule has 2 heterocycles. The Labute approximate surface area is 183 Å². The minimum absolute atomic E-state index is 0.00633. The number of carbonyl (C=O) groups excluding carboxylic acids is 3. The number of carbonyl (C=O) groups is 3. The van der Waals surface area contributed by atoms with Crippen LogP contribution < -0.4 is 15.1 Å². The Kier molecular flexibility index (Phi) is 7.86. The van der Waals surface area contributed by atoms with Crippen molar-refractivity contribution >= 4 is 23.4 Å². The van der Waals surface area contributed by atoms with Gasteiger partial charge in [-0.05, 0) is 12.1 Å². The summed E-state index contributed by atoms with van der Waals surface area (Å²) in [5.41, 5.74) is 2.24. The Morgan fingerprint density at radius 3 is 2.16 bits per heavy atom. The summed E-state index contributed by atoms with van der Waals surface area (Å²) >= 11 is 0. The van der Waals surface area contributed by atoms with E-state index in [0.29, 0.717) is 45.9 Å². The third kappa shape index (κ3) is 5.95. The second kappa shape index (κ2) is 10.6. The van der Waals surface area contributed by atoms with Crippen molar-refractivity contribution in [2.75, 3.05) is 78.0 Å². The van der Waals surface area contributed by atoms with Crippen LogP contribution in [0.5, 0.6) is 0 Å². The molecule has 0 aliphatic carbocycles. The molecule has 0 radical (unpaired) electrons. The van der Waals surface area contributed by atoms with Crippen LogP contribution in [0.4, 0.5) is 5.69 Å². The number of morpholine rings is 1. The fourth-order valence-electron chi connectivity index (χ4n) is 4.12. The first-order chi connectivity index (χ1) is 14.9. The minimum atomic E-state index is -0.584.